The van der Waals surface area contributed by atoms with Crippen LogP contribution < -0.4 is 4.90 Å². The molecule has 0 fully saturated rings. The maximum Gasteiger partial charge on any atom is 0.253 e. The van der Waals surface area contributed by atoms with E-state index in [4.69, 9.17) is 4.74 Å². The van der Waals surface area contributed by atoms with Crippen LogP contribution in [0.1, 0.15) is 43.1 Å². The molecule has 2 amide bonds. The maximum atomic E-state index is 12.7. The van der Waals surface area contributed by atoms with Crippen molar-refractivity contribution in [2.24, 2.45) is 0 Å². The lowest BCUT2D eigenvalue weighted by Gasteiger charge is -2.22. The third-order valence-corrected chi connectivity index (χ3v) is 5.10. The highest BCUT2D eigenvalue weighted by atomic mass is 16.5. The molecule has 1 aliphatic rings. The first-order valence-electron chi connectivity index (χ1n) is 9.99. The normalized spacial score (nSPS) is 13.8. The van der Waals surface area contributed by atoms with Crippen molar-refractivity contribution >= 4 is 17.5 Å². The molecule has 3 rings (SSSR count). The van der Waals surface area contributed by atoms with Gasteiger partial charge in [0.2, 0.25) is 0 Å². The van der Waals surface area contributed by atoms with E-state index in [2.05, 4.69) is 13.0 Å². The molecule has 2 aromatic carbocycles. The molecule has 5 nitrogen and oxygen atoms in total. The first kappa shape index (κ1) is 20.1. The van der Waals surface area contributed by atoms with E-state index < -0.39 is 0 Å². The first-order chi connectivity index (χ1) is 13.6. The lowest BCUT2D eigenvalue weighted by molar-refractivity contribution is -0.123. The highest BCUT2D eigenvalue weighted by Crippen LogP contribution is 2.30. The SMILES string of the molecule is CCCN1C(=O)COCc2cc(-c3cccc(C(=O)N(CC)CC)c3)ccc21. The molecule has 0 N–H and O–H groups in total. The molecule has 0 bridgehead atoms. The molecule has 0 atom stereocenters. The van der Waals surface area contributed by atoms with Gasteiger partial charge >= 0.3 is 0 Å². The second kappa shape index (κ2) is 9.02. The van der Waals surface area contributed by atoms with Gasteiger partial charge in [-0.1, -0.05) is 25.1 Å². The van der Waals surface area contributed by atoms with E-state index in [-0.39, 0.29) is 18.4 Å². The summed E-state index contributed by atoms with van der Waals surface area (Å²) in [7, 11) is 0. The number of amides is 2. The molecule has 0 radical (unpaired) electrons. The van der Waals surface area contributed by atoms with E-state index in [1.165, 1.54) is 0 Å². The Morgan fingerprint density at radius 2 is 1.79 bits per heavy atom. The minimum Gasteiger partial charge on any atom is -0.367 e. The van der Waals surface area contributed by atoms with Crippen molar-refractivity contribution in [3.8, 4) is 11.1 Å². The van der Waals surface area contributed by atoms with Gasteiger partial charge in [-0.2, -0.15) is 0 Å². The van der Waals surface area contributed by atoms with E-state index in [9.17, 15) is 9.59 Å². The highest BCUT2D eigenvalue weighted by molar-refractivity contribution is 5.97. The van der Waals surface area contributed by atoms with Gasteiger partial charge in [-0.25, -0.2) is 0 Å². The molecule has 1 heterocycles. The van der Waals surface area contributed by atoms with E-state index in [1.54, 1.807) is 0 Å². The van der Waals surface area contributed by atoms with Gasteiger partial charge in [-0.3, -0.25) is 9.59 Å². The zero-order valence-corrected chi connectivity index (χ0v) is 16.9. The summed E-state index contributed by atoms with van der Waals surface area (Å²) >= 11 is 0. The van der Waals surface area contributed by atoms with Crippen LogP contribution in [-0.4, -0.2) is 43.0 Å². The van der Waals surface area contributed by atoms with Gasteiger partial charge in [0.15, 0.2) is 0 Å². The molecule has 0 aliphatic carbocycles. The highest BCUT2D eigenvalue weighted by Gasteiger charge is 2.22. The van der Waals surface area contributed by atoms with Crippen molar-refractivity contribution in [3.63, 3.8) is 0 Å². The number of nitrogens with zero attached hydrogens (tertiary/aromatic N) is 2. The fourth-order valence-corrected chi connectivity index (χ4v) is 3.60. The Kier molecular flexibility index (Phi) is 6.47. The second-order valence-corrected chi connectivity index (χ2v) is 6.94. The molecule has 148 valence electrons. The Morgan fingerprint density at radius 3 is 2.50 bits per heavy atom. The maximum absolute atomic E-state index is 12.7. The number of carbonyl (C=O) groups is 2. The Morgan fingerprint density at radius 1 is 1.04 bits per heavy atom. The van der Waals surface area contributed by atoms with E-state index >= 15 is 0 Å². The van der Waals surface area contributed by atoms with E-state index in [1.807, 2.05) is 60.0 Å². The van der Waals surface area contributed by atoms with Crippen molar-refractivity contribution in [2.45, 2.75) is 33.8 Å². The van der Waals surface area contributed by atoms with Gasteiger partial charge in [0.1, 0.15) is 6.61 Å². The predicted molar refractivity (Wildman–Crippen MR) is 111 cm³/mol. The number of hydrogen-bond donors (Lipinski definition) is 0. The standard InChI is InChI=1S/C23H28N2O3/c1-4-12-25-21-11-10-18(14-20(21)15-28-16-22(25)26)17-8-7-9-19(13-17)23(27)24(5-2)6-3/h7-11,13-14H,4-6,12,15-16H2,1-3H3. The first-order valence-corrected chi connectivity index (χ1v) is 9.99. The van der Waals surface area contributed by atoms with Gasteiger partial charge in [0.05, 0.1) is 6.61 Å². The quantitative estimate of drug-likeness (QED) is 0.758. The Hall–Kier alpha value is -2.66. The molecule has 0 aromatic heterocycles. The number of rotatable bonds is 6. The van der Waals surface area contributed by atoms with E-state index in [0.29, 0.717) is 31.8 Å². The fraction of sp³-hybridized carbons (Fsp3) is 0.391. The van der Waals surface area contributed by atoms with Crippen molar-refractivity contribution in [2.75, 3.05) is 31.1 Å². The second-order valence-electron chi connectivity index (χ2n) is 6.94. The number of fused-ring (bicyclic) bond motifs is 1. The van der Waals surface area contributed by atoms with Crippen molar-refractivity contribution in [1.82, 2.24) is 4.90 Å². The largest absolute Gasteiger partial charge is 0.367 e. The third kappa shape index (κ3) is 4.09. The zero-order chi connectivity index (χ0) is 20.1. The molecular weight excluding hydrogens is 352 g/mol. The van der Waals surface area contributed by atoms with Crippen LogP contribution in [0.25, 0.3) is 11.1 Å². The summed E-state index contributed by atoms with van der Waals surface area (Å²) in [4.78, 5) is 28.6. The van der Waals surface area contributed by atoms with Crippen LogP contribution in [0.2, 0.25) is 0 Å². The van der Waals surface area contributed by atoms with Crippen molar-refractivity contribution in [3.05, 3.63) is 53.6 Å². The van der Waals surface area contributed by atoms with Crippen LogP contribution in [0.15, 0.2) is 42.5 Å². The smallest absolute Gasteiger partial charge is 0.253 e. The van der Waals surface area contributed by atoms with Crippen LogP contribution in [-0.2, 0) is 16.1 Å². The third-order valence-electron chi connectivity index (χ3n) is 5.10. The molecule has 1 aliphatic heterocycles. The fourth-order valence-electron chi connectivity index (χ4n) is 3.60. The van der Waals surface area contributed by atoms with Crippen LogP contribution in [0, 0.1) is 0 Å². The van der Waals surface area contributed by atoms with Crippen LogP contribution >= 0.6 is 0 Å². The van der Waals surface area contributed by atoms with Crippen molar-refractivity contribution < 1.29 is 14.3 Å². The topological polar surface area (TPSA) is 49.9 Å². The van der Waals surface area contributed by atoms with Gasteiger partial charge in [-0.05, 0) is 55.7 Å². The zero-order valence-electron chi connectivity index (χ0n) is 16.9. The lowest BCUT2D eigenvalue weighted by atomic mass is 9.99. The molecular formula is C23H28N2O3. The van der Waals surface area contributed by atoms with Crippen LogP contribution in [0.3, 0.4) is 0 Å². The lowest BCUT2D eigenvalue weighted by Crippen LogP contribution is -2.33. The molecule has 0 unspecified atom stereocenters. The molecule has 0 saturated heterocycles. The van der Waals surface area contributed by atoms with Crippen LogP contribution in [0.4, 0.5) is 5.69 Å². The average Bonchev–Trinajstić information content (AvgIpc) is 2.87. The Bertz CT molecular complexity index is 859. The monoisotopic (exact) mass is 380 g/mol. The number of ether oxygens (including phenoxy) is 1. The number of carbonyl (C=O) groups excluding carboxylic acids is 2. The molecule has 0 saturated carbocycles. The molecule has 5 heteroatoms. The van der Waals surface area contributed by atoms with Gasteiger partial charge in [-0.15, -0.1) is 0 Å². The minimum atomic E-state index is 0.000154. The van der Waals surface area contributed by atoms with Gasteiger partial charge in [0, 0.05) is 36.4 Å². The molecule has 28 heavy (non-hydrogen) atoms. The summed E-state index contributed by atoms with van der Waals surface area (Å²) in [5, 5.41) is 0. The Labute approximate surface area is 166 Å². The van der Waals surface area contributed by atoms with E-state index in [0.717, 1.165) is 28.8 Å². The number of anilines is 1. The van der Waals surface area contributed by atoms with Crippen molar-refractivity contribution in [1.29, 1.82) is 0 Å². The summed E-state index contributed by atoms with van der Waals surface area (Å²) in [5.41, 5.74) is 4.61. The average molecular weight is 380 g/mol. The molecule has 2 aromatic rings. The number of benzene rings is 2. The van der Waals surface area contributed by atoms with Gasteiger partial charge < -0.3 is 14.5 Å². The molecule has 0 spiro atoms. The summed E-state index contributed by atoms with van der Waals surface area (Å²) in [5.74, 6) is 0.0461. The van der Waals surface area contributed by atoms with Gasteiger partial charge in [0.25, 0.3) is 11.8 Å². The Balaban J connectivity index is 1.95. The minimum absolute atomic E-state index is 0.000154. The summed E-state index contributed by atoms with van der Waals surface area (Å²) in [6, 6.07) is 13.8. The predicted octanol–water partition coefficient (Wildman–Crippen LogP) is 4.11. The van der Waals surface area contributed by atoms with Crippen LogP contribution in [0.5, 0.6) is 0 Å². The summed E-state index contributed by atoms with van der Waals surface area (Å²) in [6.07, 6.45) is 0.891. The summed E-state index contributed by atoms with van der Waals surface area (Å²) < 4.78 is 5.57. The summed E-state index contributed by atoms with van der Waals surface area (Å²) in [6.45, 7) is 8.62. The number of hydrogen-bond acceptors (Lipinski definition) is 3.